The van der Waals surface area contributed by atoms with Crippen LogP contribution in [-0.4, -0.2) is 64.8 Å². The number of hydrogen-bond acceptors (Lipinski definition) is 7. The van der Waals surface area contributed by atoms with Crippen molar-refractivity contribution in [1.82, 2.24) is 0 Å². The molecule has 0 bridgehead atoms. The van der Waals surface area contributed by atoms with E-state index in [1.54, 1.807) is 6.92 Å². The van der Waals surface area contributed by atoms with Crippen LogP contribution in [0.15, 0.2) is 0 Å². The highest BCUT2D eigenvalue weighted by atomic mass is 31.2. The summed E-state index contributed by atoms with van der Waals surface area (Å²) in [5, 5.41) is 0. The van der Waals surface area contributed by atoms with Crippen molar-refractivity contribution in [2.24, 2.45) is 0 Å². The quantitative estimate of drug-likeness (QED) is 0.352. The third-order valence-corrected chi connectivity index (χ3v) is 3.28. The summed E-state index contributed by atoms with van der Waals surface area (Å²) in [5.74, 6) is 0. The zero-order chi connectivity index (χ0) is 15.8. The molecule has 0 aromatic carbocycles. The Hall–Kier alpha value is -0.660. The minimum Gasteiger partial charge on any atom is -0.756 e. The lowest BCUT2D eigenvalue weighted by atomic mass is 10.3. The maximum atomic E-state index is 11.5. The van der Waals surface area contributed by atoms with Gasteiger partial charge in [-0.2, -0.15) is 0 Å². The Morgan fingerprint density at radius 2 is 1.90 bits per heavy atom. The molecule has 0 aliphatic rings. The average Bonchev–Trinajstić information content (AvgIpc) is 2.32. The van der Waals surface area contributed by atoms with Gasteiger partial charge in [0.1, 0.15) is 19.3 Å². The molecular formula is C11H24NO7P. The summed E-state index contributed by atoms with van der Waals surface area (Å²) in [4.78, 5) is 22.4. The molecule has 0 aliphatic carbocycles. The van der Waals surface area contributed by atoms with Gasteiger partial charge in [-0.15, -0.1) is 0 Å². The Bertz CT molecular complexity index is 342. The highest BCUT2D eigenvalue weighted by molar-refractivity contribution is 7.45. The number of quaternary nitrogens is 1. The van der Waals surface area contributed by atoms with E-state index in [9.17, 15) is 14.3 Å². The van der Waals surface area contributed by atoms with Gasteiger partial charge in [-0.3, -0.25) is 4.57 Å². The van der Waals surface area contributed by atoms with E-state index in [0.717, 1.165) is 0 Å². The van der Waals surface area contributed by atoms with Gasteiger partial charge in [0.15, 0.2) is 0 Å². The molecule has 0 aromatic rings. The zero-order valence-electron chi connectivity index (χ0n) is 12.7. The van der Waals surface area contributed by atoms with Crippen LogP contribution >= 0.6 is 7.82 Å². The lowest BCUT2D eigenvalue weighted by molar-refractivity contribution is -0.870. The smallest absolute Gasteiger partial charge is 0.508 e. The fourth-order valence-electron chi connectivity index (χ4n) is 1.06. The van der Waals surface area contributed by atoms with Gasteiger partial charge in [-0.05, 0) is 6.42 Å². The second-order valence-corrected chi connectivity index (χ2v) is 6.60. The van der Waals surface area contributed by atoms with E-state index in [4.69, 9.17) is 9.26 Å². The van der Waals surface area contributed by atoms with E-state index < -0.39 is 20.1 Å². The molecule has 0 fully saturated rings. The number of nitrogens with zero attached hydrogens (tertiary/aromatic N) is 1. The van der Waals surface area contributed by atoms with Crippen LogP contribution in [0.4, 0.5) is 4.79 Å². The fraction of sp³-hybridized carbons (Fsp3) is 0.909. The zero-order valence-corrected chi connectivity index (χ0v) is 13.6. The van der Waals surface area contributed by atoms with Crippen LogP contribution in [0, 0.1) is 0 Å². The highest BCUT2D eigenvalue weighted by Crippen LogP contribution is 2.38. The van der Waals surface area contributed by atoms with Gasteiger partial charge in [0.2, 0.25) is 0 Å². The molecule has 120 valence electrons. The molecule has 2 atom stereocenters. The third kappa shape index (κ3) is 10.2. The first-order valence-electron chi connectivity index (χ1n) is 6.25. The second-order valence-electron chi connectivity index (χ2n) is 5.19. The largest absolute Gasteiger partial charge is 0.756 e. The van der Waals surface area contributed by atoms with Crippen LogP contribution < -0.4 is 4.89 Å². The summed E-state index contributed by atoms with van der Waals surface area (Å²) < 4.78 is 30.6. The minimum absolute atomic E-state index is 0.0267. The van der Waals surface area contributed by atoms with Crippen LogP contribution in [0.1, 0.15) is 13.3 Å². The molecule has 0 amide bonds. The van der Waals surface area contributed by atoms with Crippen molar-refractivity contribution in [1.29, 1.82) is 0 Å². The number of phosphoric ester groups is 1. The van der Waals surface area contributed by atoms with Crippen LogP contribution in [-0.2, 0) is 23.1 Å². The summed E-state index contributed by atoms with van der Waals surface area (Å²) in [7, 11) is 2.52. The molecule has 0 heterocycles. The molecule has 0 saturated carbocycles. The van der Waals surface area contributed by atoms with E-state index in [-0.39, 0.29) is 13.2 Å². The Balaban J connectivity index is 4.12. The normalized spacial score (nSPS) is 16.3. The van der Waals surface area contributed by atoms with Gasteiger partial charge in [-0.25, -0.2) is 4.79 Å². The first-order chi connectivity index (χ1) is 9.09. The molecular weight excluding hydrogens is 289 g/mol. The van der Waals surface area contributed by atoms with Crippen LogP contribution in [0.2, 0.25) is 0 Å². The van der Waals surface area contributed by atoms with Crippen molar-refractivity contribution in [2.45, 2.75) is 19.4 Å². The Morgan fingerprint density at radius 3 is 2.35 bits per heavy atom. The lowest BCUT2D eigenvalue weighted by Crippen LogP contribution is -2.37. The Kier molecular flexibility index (Phi) is 8.30. The minimum atomic E-state index is -4.39. The number of carbonyl (C=O) groups excluding carboxylic acids is 1. The number of carbonyl (C=O) groups is 1. The summed E-state index contributed by atoms with van der Waals surface area (Å²) in [6, 6.07) is 0. The SMILES string of the molecule is CCC(COP(=O)([O-])OCC[N+](C)(C)C)OC(=O)OC. The van der Waals surface area contributed by atoms with E-state index in [2.05, 4.69) is 9.26 Å². The van der Waals surface area contributed by atoms with Crippen molar-refractivity contribution in [3.05, 3.63) is 0 Å². The number of methoxy groups -OCH3 is 1. The van der Waals surface area contributed by atoms with Crippen molar-refractivity contribution in [3.63, 3.8) is 0 Å². The van der Waals surface area contributed by atoms with Crippen molar-refractivity contribution >= 4 is 14.0 Å². The van der Waals surface area contributed by atoms with E-state index in [1.807, 2.05) is 21.1 Å². The summed E-state index contributed by atoms with van der Waals surface area (Å²) in [6.07, 6.45) is -1.19. The van der Waals surface area contributed by atoms with E-state index in [1.165, 1.54) is 7.11 Å². The van der Waals surface area contributed by atoms with Crippen LogP contribution in [0.5, 0.6) is 0 Å². The number of likely N-dealkylation sites (N-methyl/N-ethyl adjacent to an activating group) is 1. The molecule has 0 aliphatic heterocycles. The monoisotopic (exact) mass is 313 g/mol. The van der Waals surface area contributed by atoms with Gasteiger partial charge in [0, 0.05) is 0 Å². The van der Waals surface area contributed by atoms with Gasteiger partial charge in [0.05, 0.1) is 34.9 Å². The third-order valence-electron chi connectivity index (χ3n) is 2.31. The standard InChI is InChI=1S/C11H24NO7P/c1-6-10(19-11(13)16-5)9-18-20(14,15)17-8-7-12(2,3)4/h10H,6-9H2,1-5H3. The Morgan fingerprint density at radius 1 is 1.30 bits per heavy atom. The van der Waals surface area contributed by atoms with Crippen LogP contribution in [0.3, 0.4) is 0 Å². The molecule has 9 heteroatoms. The van der Waals surface area contributed by atoms with E-state index >= 15 is 0 Å². The van der Waals surface area contributed by atoms with Crippen LogP contribution in [0.25, 0.3) is 0 Å². The molecule has 0 saturated heterocycles. The predicted molar refractivity (Wildman–Crippen MR) is 70.0 cm³/mol. The predicted octanol–water partition coefficient (Wildman–Crippen LogP) is 0.756. The molecule has 0 rings (SSSR count). The first-order valence-corrected chi connectivity index (χ1v) is 7.71. The maximum Gasteiger partial charge on any atom is 0.508 e. The number of hydrogen-bond donors (Lipinski definition) is 0. The molecule has 2 unspecified atom stereocenters. The average molecular weight is 313 g/mol. The van der Waals surface area contributed by atoms with Crippen molar-refractivity contribution in [2.75, 3.05) is 48.0 Å². The highest BCUT2D eigenvalue weighted by Gasteiger charge is 2.18. The molecule has 8 nitrogen and oxygen atoms in total. The summed E-state index contributed by atoms with van der Waals surface area (Å²) in [6.45, 7) is 1.98. The van der Waals surface area contributed by atoms with Gasteiger partial charge >= 0.3 is 6.16 Å². The topological polar surface area (TPSA) is 94.1 Å². The Labute approximate surface area is 119 Å². The molecule has 20 heavy (non-hydrogen) atoms. The number of phosphoric acid groups is 1. The second kappa shape index (κ2) is 8.59. The first kappa shape index (κ1) is 19.3. The van der Waals surface area contributed by atoms with Crippen molar-refractivity contribution < 1.29 is 37.3 Å². The number of ether oxygens (including phenoxy) is 2. The lowest BCUT2D eigenvalue weighted by Gasteiger charge is -2.28. The molecule has 0 N–H and O–H groups in total. The maximum absolute atomic E-state index is 11.5. The molecule has 0 aromatic heterocycles. The summed E-state index contributed by atoms with van der Waals surface area (Å²) >= 11 is 0. The van der Waals surface area contributed by atoms with Crippen molar-refractivity contribution in [3.8, 4) is 0 Å². The van der Waals surface area contributed by atoms with Gasteiger partial charge in [0.25, 0.3) is 7.82 Å². The summed E-state index contributed by atoms with van der Waals surface area (Å²) in [5.41, 5.74) is 0. The number of rotatable bonds is 9. The van der Waals surface area contributed by atoms with Gasteiger partial charge in [-0.1, -0.05) is 6.92 Å². The molecule has 0 spiro atoms. The van der Waals surface area contributed by atoms with Gasteiger partial charge < -0.3 is 27.9 Å². The fourth-order valence-corrected chi connectivity index (χ4v) is 1.79. The molecule has 0 radical (unpaired) electrons. The van der Waals surface area contributed by atoms with E-state index in [0.29, 0.717) is 17.4 Å².